The Morgan fingerprint density at radius 1 is 1.59 bits per heavy atom. The Morgan fingerprint density at radius 2 is 2.41 bits per heavy atom. The minimum absolute atomic E-state index is 0.120. The van der Waals surface area contributed by atoms with Gasteiger partial charge in [0.2, 0.25) is 11.8 Å². The molecule has 0 radical (unpaired) electrons. The van der Waals surface area contributed by atoms with Crippen LogP contribution in [-0.4, -0.2) is 41.4 Å². The number of aliphatic hydroxyl groups is 1. The number of anilines is 1. The summed E-state index contributed by atoms with van der Waals surface area (Å²) in [5.41, 5.74) is 0. The van der Waals surface area contributed by atoms with Gasteiger partial charge in [-0.25, -0.2) is 4.98 Å². The maximum absolute atomic E-state index is 9.37. The standard InChI is InChI=1S/C11H16BrN3O2/c1-17-10-9(12)6-13-11(14-10)15-5-3-2-4-8(15)7-16/h6,8,16H,2-5,7H2,1H3. The molecule has 0 spiro atoms. The van der Waals surface area contributed by atoms with Gasteiger partial charge in [-0.15, -0.1) is 0 Å². The van der Waals surface area contributed by atoms with Crippen molar-refractivity contribution >= 4 is 21.9 Å². The summed E-state index contributed by atoms with van der Waals surface area (Å²) in [4.78, 5) is 10.7. The van der Waals surface area contributed by atoms with Crippen LogP contribution in [0.25, 0.3) is 0 Å². The summed E-state index contributed by atoms with van der Waals surface area (Å²) >= 11 is 3.33. The number of aliphatic hydroxyl groups excluding tert-OH is 1. The Kier molecular flexibility index (Phi) is 4.17. The summed E-state index contributed by atoms with van der Waals surface area (Å²) in [7, 11) is 1.58. The molecule has 1 N–H and O–H groups in total. The van der Waals surface area contributed by atoms with E-state index in [1.165, 1.54) is 0 Å². The van der Waals surface area contributed by atoms with E-state index in [0.717, 1.165) is 30.3 Å². The van der Waals surface area contributed by atoms with E-state index in [-0.39, 0.29) is 12.6 Å². The number of ether oxygens (including phenoxy) is 1. The van der Waals surface area contributed by atoms with Crippen molar-refractivity contribution < 1.29 is 9.84 Å². The van der Waals surface area contributed by atoms with Crippen molar-refractivity contribution in [2.45, 2.75) is 25.3 Å². The first-order valence-electron chi connectivity index (χ1n) is 5.70. The van der Waals surface area contributed by atoms with Crippen LogP contribution in [0.3, 0.4) is 0 Å². The molecule has 6 heteroatoms. The van der Waals surface area contributed by atoms with Gasteiger partial charge in [-0.2, -0.15) is 4.98 Å². The van der Waals surface area contributed by atoms with Crippen molar-refractivity contribution in [3.05, 3.63) is 10.7 Å². The van der Waals surface area contributed by atoms with E-state index < -0.39 is 0 Å². The highest BCUT2D eigenvalue weighted by molar-refractivity contribution is 9.10. The van der Waals surface area contributed by atoms with Gasteiger partial charge in [0.15, 0.2) is 0 Å². The summed E-state index contributed by atoms with van der Waals surface area (Å²) < 4.78 is 5.90. The van der Waals surface area contributed by atoms with Crippen LogP contribution in [0.5, 0.6) is 5.88 Å². The van der Waals surface area contributed by atoms with Gasteiger partial charge in [-0.05, 0) is 35.2 Å². The first-order chi connectivity index (χ1) is 8.26. The van der Waals surface area contributed by atoms with Gasteiger partial charge < -0.3 is 14.7 Å². The smallest absolute Gasteiger partial charge is 0.232 e. The molecular formula is C11H16BrN3O2. The molecule has 0 bridgehead atoms. The number of halogens is 1. The van der Waals surface area contributed by atoms with Gasteiger partial charge in [0, 0.05) is 6.54 Å². The molecule has 1 unspecified atom stereocenters. The predicted molar refractivity (Wildman–Crippen MR) is 68.4 cm³/mol. The van der Waals surface area contributed by atoms with Crippen molar-refractivity contribution in [3.63, 3.8) is 0 Å². The molecule has 1 atom stereocenters. The quantitative estimate of drug-likeness (QED) is 0.919. The molecule has 1 aliphatic rings. The maximum atomic E-state index is 9.37. The number of piperidine rings is 1. The molecule has 94 valence electrons. The van der Waals surface area contributed by atoms with Gasteiger partial charge in [0.25, 0.3) is 0 Å². The fourth-order valence-electron chi connectivity index (χ4n) is 2.08. The van der Waals surface area contributed by atoms with E-state index in [2.05, 4.69) is 30.8 Å². The Morgan fingerprint density at radius 3 is 3.12 bits per heavy atom. The molecule has 1 saturated heterocycles. The monoisotopic (exact) mass is 301 g/mol. The second kappa shape index (κ2) is 5.64. The lowest BCUT2D eigenvalue weighted by Gasteiger charge is -2.34. The number of methoxy groups -OCH3 is 1. The summed E-state index contributed by atoms with van der Waals surface area (Å²) in [6, 6.07) is 0.120. The third kappa shape index (κ3) is 2.69. The van der Waals surface area contributed by atoms with Gasteiger partial charge >= 0.3 is 0 Å². The Balaban J connectivity index is 2.25. The summed E-state index contributed by atoms with van der Waals surface area (Å²) in [5.74, 6) is 1.15. The first-order valence-corrected chi connectivity index (χ1v) is 6.49. The molecule has 1 aliphatic heterocycles. The average molecular weight is 302 g/mol. The molecular weight excluding hydrogens is 286 g/mol. The topological polar surface area (TPSA) is 58.5 Å². The Hall–Kier alpha value is -0.880. The first kappa shape index (κ1) is 12.6. The number of nitrogens with zero attached hydrogens (tertiary/aromatic N) is 3. The van der Waals surface area contributed by atoms with Gasteiger partial charge in [0.1, 0.15) is 0 Å². The highest BCUT2D eigenvalue weighted by atomic mass is 79.9. The second-order valence-electron chi connectivity index (χ2n) is 4.05. The molecule has 1 aromatic rings. The van der Waals surface area contributed by atoms with Crippen molar-refractivity contribution in [2.75, 3.05) is 25.2 Å². The minimum atomic E-state index is 0.120. The summed E-state index contributed by atoms with van der Waals surface area (Å²) in [6.45, 7) is 1.03. The summed E-state index contributed by atoms with van der Waals surface area (Å²) in [5, 5.41) is 9.37. The maximum Gasteiger partial charge on any atom is 0.232 e. The fraction of sp³-hybridized carbons (Fsp3) is 0.636. The third-order valence-electron chi connectivity index (χ3n) is 2.99. The van der Waals surface area contributed by atoms with Gasteiger partial charge in [-0.3, -0.25) is 0 Å². The number of hydrogen-bond donors (Lipinski definition) is 1. The average Bonchev–Trinajstić information content (AvgIpc) is 2.39. The zero-order chi connectivity index (χ0) is 12.3. The lowest BCUT2D eigenvalue weighted by molar-refractivity contribution is 0.238. The SMILES string of the molecule is COc1nc(N2CCCCC2CO)ncc1Br. The van der Waals surface area contributed by atoms with Crippen molar-refractivity contribution in [2.24, 2.45) is 0 Å². The van der Waals surface area contributed by atoms with Crippen LogP contribution in [0.1, 0.15) is 19.3 Å². The highest BCUT2D eigenvalue weighted by Crippen LogP contribution is 2.26. The number of rotatable bonds is 3. The predicted octanol–water partition coefficient (Wildman–Crippen LogP) is 1.60. The molecule has 1 fully saturated rings. The van der Waals surface area contributed by atoms with E-state index in [1.807, 2.05) is 0 Å². The zero-order valence-corrected chi connectivity index (χ0v) is 11.4. The van der Waals surface area contributed by atoms with Crippen LogP contribution in [0.2, 0.25) is 0 Å². The minimum Gasteiger partial charge on any atom is -0.480 e. The van der Waals surface area contributed by atoms with Crippen molar-refractivity contribution in [3.8, 4) is 5.88 Å². The van der Waals surface area contributed by atoms with Crippen LogP contribution in [-0.2, 0) is 0 Å². The zero-order valence-electron chi connectivity index (χ0n) is 9.77. The van der Waals surface area contributed by atoms with Crippen LogP contribution >= 0.6 is 15.9 Å². The molecule has 0 saturated carbocycles. The molecule has 1 aromatic heterocycles. The summed E-state index contributed by atoms with van der Waals surface area (Å²) in [6.07, 6.45) is 4.93. The van der Waals surface area contributed by atoms with E-state index in [9.17, 15) is 5.11 Å². The van der Waals surface area contributed by atoms with Crippen LogP contribution < -0.4 is 9.64 Å². The Labute approximate surface area is 109 Å². The van der Waals surface area contributed by atoms with Crippen LogP contribution in [0.15, 0.2) is 10.7 Å². The van der Waals surface area contributed by atoms with Gasteiger partial charge in [0.05, 0.1) is 30.4 Å². The van der Waals surface area contributed by atoms with E-state index in [1.54, 1.807) is 13.3 Å². The number of hydrogen-bond acceptors (Lipinski definition) is 5. The van der Waals surface area contributed by atoms with E-state index in [0.29, 0.717) is 11.8 Å². The van der Waals surface area contributed by atoms with E-state index >= 15 is 0 Å². The fourth-order valence-corrected chi connectivity index (χ4v) is 2.43. The van der Waals surface area contributed by atoms with Crippen molar-refractivity contribution in [1.82, 2.24) is 9.97 Å². The highest BCUT2D eigenvalue weighted by Gasteiger charge is 2.24. The molecule has 17 heavy (non-hydrogen) atoms. The lowest BCUT2D eigenvalue weighted by atomic mass is 10.0. The molecule has 0 aromatic carbocycles. The molecule has 2 rings (SSSR count). The molecule has 0 aliphatic carbocycles. The van der Waals surface area contributed by atoms with E-state index in [4.69, 9.17) is 4.74 Å². The normalized spacial score (nSPS) is 20.4. The third-order valence-corrected chi connectivity index (χ3v) is 3.53. The molecule has 2 heterocycles. The number of aromatic nitrogens is 2. The largest absolute Gasteiger partial charge is 0.480 e. The van der Waals surface area contributed by atoms with Crippen molar-refractivity contribution in [1.29, 1.82) is 0 Å². The Bertz CT molecular complexity index is 389. The van der Waals surface area contributed by atoms with Crippen LogP contribution in [0, 0.1) is 0 Å². The van der Waals surface area contributed by atoms with Crippen LogP contribution in [0.4, 0.5) is 5.95 Å². The molecule has 0 amide bonds. The second-order valence-corrected chi connectivity index (χ2v) is 4.91. The molecule has 5 nitrogen and oxygen atoms in total. The lowest BCUT2D eigenvalue weighted by Crippen LogP contribution is -2.42. The van der Waals surface area contributed by atoms with Gasteiger partial charge in [-0.1, -0.05) is 0 Å².